The lowest BCUT2D eigenvalue weighted by molar-refractivity contribution is 0.422. The maximum atomic E-state index is 6.19. The van der Waals surface area contributed by atoms with E-state index in [1.165, 1.54) is 42.6 Å². The predicted octanol–water partition coefficient (Wildman–Crippen LogP) is 5.65. The summed E-state index contributed by atoms with van der Waals surface area (Å²) < 4.78 is 0. The molecule has 1 nitrogen and oxygen atoms in total. The maximum absolute atomic E-state index is 6.19. The number of benzene rings is 1. The summed E-state index contributed by atoms with van der Waals surface area (Å²) in [6.45, 7) is 7.53. The number of halogens is 1. The van der Waals surface area contributed by atoms with Gasteiger partial charge in [-0.2, -0.15) is 0 Å². The summed E-state index contributed by atoms with van der Waals surface area (Å²) in [4.78, 5) is 1.36. The molecule has 0 bridgehead atoms. The summed E-state index contributed by atoms with van der Waals surface area (Å²) in [5.41, 5.74) is 1.52. The molecule has 0 unspecified atom stereocenters. The highest BCUT2D eigenvalue weighted by Crippen LogP contribution is 2.36. The van der Waals surface area contributed by atoms with Crippen LogP contribution in [-0.2, 0) is 6.54 Å². The summed E-state index contributed by atoms with van der Waals surface area (Å²) >= 11 is 8.22. The fourth-order valence-corrected chi connectivity index (χ4v) is 4.16. The van der Waals surface area contributed by atoms with E-state index in [4.69, 9.17) is 11.6 Å². The van der Waals surface area contributed by atoms with E-state index in [9.17, 15) is 0 Å². The van der Waals surface area contributed by atoms with E-state index in [0.717, 1.165) is 16.8 Å². The Hall–Kier alpha value is -0.180. The van der Waals surface area contributed by atoms with E-state index in [2.05, 4.69) is 38.2 Å². The molecule has 2 rings (SSSR count). The summed E-state index contributed by atoms with van der Waals surface area (Å²) in [6.07, 6.45) is 6.87. The van der Waals surface area contributed by atoms with Crippen molar-refractivity contribution in [3.8, 4) is 0 Å². The highest BCUT2D eigenvalue weighted by atomic mass is 35.5. The van der Waals surface area contributed by atoms with Gasteiger partial charge < -0.3 is 5.32 Å². The van der Waals surface area contributed by atoms with Crippen LogP contribution in [0.15, 0.2) is 23.1 Å². The third-order valence-corrected chi connectivity index (χ3v) is 5.36. The molecule has 1 saturated carbocycles. The van der Waals surface area contributed by atoms with Crippen molar-refractivity contribution in [1.82, 2.24) is 5.32 Å². The molecule has 3 heteroatoms. The van der Waals surface area contributed by atoms with Gasteiger partial charge in [0.1, 0.15) is 0 Å². The molecule has 20 heavy (non-hydrogen) atoms. The topological polar surface area (TPSA) is 12.0 Å². The first-order valence-electron chi connectivity index (χ1n) is 7.64. The Labute approximate surface area is 132 Å². The molecular formula is C17H26ClNS. The Bertz CT molecular complexity index is 433. The quantitative estimate of drug-likeness (QED) is 0.770. The number of rotatable bonds is 4. The van der Waals surface area contributed by atoms with Crippen molar-refractivity contribution in [3.05, 3.63) is 28.8 Å². The predicted molar refractivity (Wildman–Crippen MR) is 90.8 cm³/mol. The van der Waals surface area contributed by atoms with Gasteiger partial charge in [0.05, 0.1) is 0 Å². The fraction of sp³-hybridized carbons (Fsp3) is 0.647. The Morgan fingerprint density at radius 3 is 2.55 bits per heavy atom. The van der Waals surface area contributed by atoms with Crippen molar-refractivity contribution < 1.29 is 0 Å². The molecule has 0 saturated heterocycles. The number of hydrogen-bond donors (Lipinski definition) is 1. The molecule has 0 radical (unpaired) electrons. The van der Waals surface area contributed by atoms with Crippen LogP contribution in [0.4, 0.5) is 0 Å². The van der Waals surface area contributed by atoms with Crippen LogP contribution >= 0.6 is 23.4 Å². The number of nitrogens with one attached hydrogen (secondary N) is 1. The molecule has 1 aliphatic rings. The second-order valence-corrected chi connectivity index (χ2v) is 8.51. The van der Waals surface area contributed by atoms with Gasteiger partial charge in [0.15, 0.2) is 0 Å². The van der Waals surface area contributed by atoms with Crippen molar-refractivity contribution in [3.63, 3.8) is 0 Å². The summed E-state index contributed by atoms with van der Waals surface area (Å²) in [7, 11) is 0. The Morgan fingerprint density at radius 1 is 1.20 bits per heavy atom. The zero-order valence-electron chi connectivity index (χ0n) is 12.8. The molecule has 1 N–H and O–H groups in total. The van der Waals surface area contributed by atoms with Gasteiger partial charge in [-0.15, -0.1) is 11.8 Å². The molecule has 0 amide bonds. The fourth-order valence-electron chi connectivity index (χ4n) is 2.51. The first kappa shape index (κ1) is 16.2. The minimum Gasteiger partial charge on any atom is -0.308 e. The molecular weight excluding hydrogens is 286 g/mol. The van der Waals surface area contributed by atoms with Crippen molar-refractivity contribution in [2.45, 2.75) is 75.1 Å². The third kappa shape index (κ3) is 5.31. The van der Waals surface area contributed by atoms with E-state index in [-0.39, 0.29) is 5.54 Å². The minimum absolute atomic E-state index is 0.145. The summed E-state index contributed by atoms with van der Waals surface area (Å²) in [6, 6.07) is 6.32. The lowest BCUT2D eigenvalue weighted by Gasteiger charge is -2.24. The van der Waals surface area contributed by atoms with Crippen LogP contribution < -0.4 is 5.32 Å². The molecule has 0 atom stereocenters. The Morgan fingerprint density at radius 2 is 1.90 bits per heavy atom. The molecule has 1 fully saturated rings. The van der Waals surface area contributed by atoms with Crippen LogP contribution in [0.5, 0.6) is 0 Å². The normalized spacial score (nSPS) is 17.4. The average Bonchev–Trinajstić information content (AvgIpc) is 2.38. The van der Waals surface area contributed by atoms with Crippen LogP contribution in [0.3, 0.4) is 0 Å². The Kier molecular flexibility index (Phi) is 5.83. The monoisotopic (exact) mass is 311 g/mol. The van der Waals surface area contributed by atoms with Crippen LogP contribution in [0, 0.1) is 0 Å². The van der Waals surface area contributed by atoms with Gasteiger partial charge >= 0.3 is 0 Å². The van der Waals surface area contributed by atoms with Gasteiger partial charge in [0.2, 0.25) is 0 Å². The molecule has 1 aromatic carbocycles. The smallest absolute Gasteiger partial charge is 0.0417 e. The highest BCUT2D eigenvalue weighted by molar-refractivity contribution is 8.00. The standard InChI is InChI=1S/C17H26ClNS/c1-17(2,3)19-12-13-9-10-14(18)11-16(13)20-15-7-5-4-6-8-15/h9-11,15,19H,4-8,12H2,1-3H3. The first-order chi connectivity index (χ1) is 9.44. The van der Waals surface area contributed by atoms with Crippen molar-refractivity contribution in [2.24, 2.45) is 0 Å². The zero-order chi connectivity index (χ0) is 14.6. The molecule has 1 aliphatic carbocycles. The van der Waals surface area contributed by atoms with Crippen LogP contribution in [-0.4, -0.2) is 10.8 Å². The van der Waals surface area contributed by atoms with E-state index < -0.39 is 0 Å². The number of hydrogen-bond acceptors (Lipinski definition) is 2. The Balaban J connectivity index is 2.06. The lowest BCUT2D eigenvalue weighted by atomic mass is 10.0. The van der Waals surface area contributed by atoms with E-state index in [1.54, 1.807) is 0 Å². The van der Waals surface area contributed by atoms with Crippen LogP contribution in [0.1, 0.15) is 58.4 Å². The van der Waals surface area contributed by atoms with E-state index >= 15 is 0 Å². The molecule has 0 aliphatic heterocycles. The van der Waals surface area contributed by atoms with Gasteiger partial charge in [-0.25, -0.2) is 0 Å². The zero-order valence-corrected chi connectivity index (χ0v) is 14.4. The maximum Gasteiger partial charge on any atom is 0.0417 e. The van der Waals surface area contributed by atoms with Gasteiger partial charge in [-0.05, 0) is 51.3 Å². The second kappa shape index (κ2) is 7.20. The van der Waals surface area contributed by atoms with Gasteiger partial charge in [0.25, 0.3) is 0 Å². The van der Waals surface area contributed by atoms with Crippen LogP contribution in [0.25, 0.3) is 0 Å². The second-order valence-electron chi connectivity index (χ2n) is 6.73. The van der Waals surface area contributed by atoms with Gasteiger partial charge in [-0.3, -0.25) is 0 Å². The minimum atomic E-state index is 0.145. The molecule has 112 valence electrons. The average molecular weight is 312 g/mol. The molecule has 0 heterocycles. The molecule has 1 aromatic rings. The molecule has 0 spiro atoms. The van der Waals surface area contributed by atoms with Crippen LogP contribution in [0.2, 0.25) is 5.02 Å². The first-order valence-corrected chi connectivity index (χ1v) is 8.90. The van der Waals surface area contributed by atoms with Gasteiger partial charge in [0, 0.05) is 27.3 Å². The lowest BCUT2D eigenvalue weighted by Crippen LogP contribution is -2.35. The summed E-state index contributed by atoms with van der Waals surface area (Å²) in [5.74, 6) is 0. The van der Waals surface area contributed by atoms with E-state index in [1.807, 2.05) is 17.8 Å². The van der Waals surface area contributed by atoms with Crippen molar-refractivity contribution >= 4 is 23.4 Å². The third-order valence-electron chi connectivity index (χ3n) is 3.68. The van der Waals surface area contributed by atoms with Gasteiger partial charge in [-0.1, -0.05) is 36.9 Å². The van der Waals surface area contributed by atoms with Crippen molar-refractivity contribution in [1.29, 1.82) is 0 Å². The number of thioether (sulfide) groups is 1. The largest absolute Gasteiger partial charge is 0.308 e. The SMILES string of the molecule is CC(C)(C)NCc1ccc(Cl)cc1SC1CCCCC1. The highest BCUT2D eigenvalue weighted by Gasteiger charge is 2.17. The molecule has 0 aromatic heterocycles. The van der Waals surface area contributed by atoms with Crippen molar-refractivity contribution in [2.75, 3.05) is 0 Å². The van der Waals surface area contributed by atoms with E-state index in [0.29, 0.717) is 0 Å². The summed E-state index contributed by atoms with van der Waals surface area (Å²) in [5, 5.41) is 5.20.